The second-order valence-corrected chi connectivity index (χ2v) is 61.5. The molecule has 3 aliphatic rings. The Morgan fingerprint density at radius 1 is 0.593 bits per heavy atom. The minimum absolute atomic E-state index is 0. The fourth-order valence-electron chi connectivity index (χ4n) is 9.21. The zero-order valence-electron chi connectivity index (χ0n) is 69.7. The standard InChI is InChI=1S/C20H34BrNO5Si2.C18H32BrNO2S2Si.C12H18BrNO2S2.C8H13NO3Si.C8H13NOS2.C4H5BrO.C4H9.Li/c1-13(21)10-15(27-29(8,9)20(2,3)4)11-14(23)12-16-22-17(18(24)25)19(26-16)28(5,6)7;1-12(2)15-11-24-17(23)20(15)16(21)10-14(9-13(3)19)22-25(7,8)18(4,5)6;1-7(2)10-6-18-12(17)14(10)11(16)5-9(15)4-8(3)13;1-5-9-6(7(10)11)8(12-5)13(2,3)4;1-5(2)7-4-12-8(11)9(7)6(3)10;1-4(5)2-3-6;1-3-4-2;/h10,15H,11-12H2,1-9H3,(H,24,25);9,12,14-15H,10-11H2,1-8H3;4,7,9-10,15H,5-6H2,1-3H3;1-4H3,(H,10,11);5,7H,4H2,1-3H3;2-3H,1H3;1,3-4H2,2H3;/q;;;;;;-1;+1/b13-10+;13-9+;8-4+;;;4-2+;;/t15-;14-,15+;9-,10+;;7-;;;/m111.0.../s1. The van der Waals surface area contributed by atoms with Crippen molar-refractivity contribution in [3.05, 3.63) is 72.3 Å². The number of rotatable bonds is 24. The van der Waals surface area contributed by atoms with E-state index in [0.717, 1.165) is 52.2 Å². The molecule has 610 valence electrons. The maximum Gasteiger partial charge on any atom is 1.00 e. The number of aliphatic hydroxyl groups is 1. The number of aromatic carboxylic acids is 2. The Labute approximate surface area is 726 Å². The Kier molecular flexibility index (Phi) is 52.3. The third kappa shape index (κ3) is 41.0. The molecule has 0 spiro atoms. The van der Waals surface area contributed by atoms with Gasteiger partial charge in [0, 0.05) is 55.7 Å². The number of aldehydes is 1. The van der Waals surface area contributed by atoms with Crippen LogP contribution in [-0.4, -0.2) is 181 Å². The Morgan fingerprint density at radius 2 is 0.926 bits per heavy atom. The second-order valence-electron chi connectivity index (χ2n) is 32.1. The summed E-state index contributed by atoms with van der Waals surface area (Å²) >= 11 is 33.7. The molecule has 0 unspecified atom stereocenters. The molecule has 19 nitrogen and oxygen atoms in total. The molecule has 6 atom stereocenters. The number of thioether (sulfide) groups is 3. The van der Waals surface area contributed by atoms with Gasteiger partial charge in [-0.3, -0.25) is 38.7 Å². The van der Waals surface area contributed by atoms with Crippen LogP contribution < -0.4 is 29.6 Å². The first-order valence-electron chi connectivity index (χ1n) is 35.6. The van der Waals surface area contributed by atoms with Crippen molar-refractivity contribution in [2.75, 3.05) is 17.3 Å². The van der Waals surface area contributed by atoms with Gasteiger partial charge < -0.3 is 39.9 Å². The topological polar surface area (TPSA) is 260 Å². The van der Waals surface area contributed by atoms with Crippen molar-refractivity contribution in [2.24, 2.45) is 17.8 Å². The quantitative estimate of drug-likeness (QED) is 0.0290. The van der Waals surface area contributed by atoms with Gasteiger partial charge in [-0.2, -0.15) is 6.42 Å². The molecule has 3 amide bonds. The van der Waals surface area contributed by atoms with Gasteiger partial charge >= 0.3 is 30.8 Å². The zero-order valence-corrected chi connectivity index (χ0v) is 84.9. The number of oxazole rings is 2. The molecule has 3 N–H and O–H groups in total. The first kappa shape index (κ1) is 111. The average molecular weight is 1940 g/mol. The first-order valence-corrected chi connectivity index (χ1v) is 55.8. The maximum atomic E-state index is 13.0. The molecule has 5 heterocycles. The normalized spacial score (nSPS) is 17.6. The van der Waals surface area contributed by atoms with Gasteiger partial charge in [0.25, 0.3) is 0 Å². The van der Waals surface area contributed by atoms with Crippen molar-refractivity contribution in [1.29, 1.82) is 0 Å². The molecule has 0 bridgehead atoms. The summed E-state index contributed by atoms with van der Waals surface area (Å²) in [6, 6.07) is 0.642. The Balaban J connectivity index is -0.00000127. The molecule has 3 saturated heterocycles. The van der Waals surface area contributed by atoms with E-state index < -0.39 is 50.8 Å². The van der Waals surface area contributed by atoms with E-state index in [0.29, 0.717) is 55.5 Å². The summed E-state index contributed by atoms with van der Waals surface area (Å²) in [7, 11) is -7.80. The Hall–Kier alpha value is -1.35. The van der Waals surface area contributed by atoms with Crippen molar-refractivity contribution in [2.45, 2.75) is 282 Å². The molecule has 0 aliphatic carbocycles. The summed E-state index contributed by atoms with van der Waals surface area (Å²) in [4.78, 5) is 94.1. The number of thiocarbonyl (C=S) groups is 3. The maximum absolute atomic E-state index is 13.0. The van der Waals surface area contributed by atoms with Crippen LogP contribution in [0.1, 0.15) is 189 Å². The number of ketones is 1. The third-order valence-corrected chi connectivity index (χ3v) is 35.0. The van der Waals surface area contributed by atoms with Crippen LogP contribution >= 0.6 is 136 Å². The van der Waals surface area contributed by atoms with Gasteiger partial charge in [0.2, 0.25) is 23.6 Å². The number of carboxylic acids is 2. The van der Waals surface area contributed by atoms with E-state index in [4.69, 9.17) is 59.4 Å². The average Bonchev–Trinajstić information content (AvgIpc) is 1.54. The van der Waals surface area contributed by atoms with Crippen LogP contribution in [-0.2, 0) is 39.2 Å². The minimum Gasteiger partial charge on any atom is -0.476 e. The molecule has 34 heteroatoms. The molecule has 2 aromatic rings. The molecular weight excluding hydrogens is 1810 g/mol. The van der Waals surface area contributed by atoms with Crippen LogP contribution in [0.4, 0.5) is 0 Å². The van der Waals surface area contributed by atoms with E-state index >= 15 is 0 Å². The number of carboxylic acid groups (broad SMARTS) is 2. The van der Waals surface area contributed by atoms with E-state index in [2.05, 4.69) is 197 Å². The second kappa shape index (κ2) is 51.0. The Bertz CT molecular complexity index is 3420. The number of nitrogens with zero attached hydrogens (tertiary/aromatic N) is 5. The van der Waals surface area contributed by atoms with E-state index in [1.54, 1.807) is 71.9 Å². The van der Waals surface area contributed by atoms with Gasteiger partial charge in [0.1, 0.15) is 51.9 Å². The van der Waals surface area contributed by atoms with Crippen molar-refractivity contribution in [3.8, 4) is 0 Å². The molecule has 3 aliphatic heterocycles. The van der Waals surface area contributed by atoms with Crippen molar-refractivity contribution in [1.82, 2.24) is 24.7 Å². The van der Waals surface area contributed by atoms with Crippen LogP contribution in [0.15, 0.2) is 51.1 Å². The number of allylic oxidation sites excluding steroid dienone is 5. The summed E-state index contributed by atoms with van der Waals surface area (Å²) in [6.07, 6.45) is 9.20. The fourth-order valence-corrected chi connectivity index (χ4v) is 20.4. The molecule has 2 aromatic heterocycles. The number of aromatic nitrogens is 2. The smallest absolute Gasteiger partial charge is 0.476 e. The van der Waals surface area contributed by atoms with Crippen LogP contribution in [0.5, 0.6) is 0 Å². The zero-order chi connectivity index (χ0) is 84.2. The molecule has 0 saturated carbocycles. The van der Waals surface area contributed by atoms with E-state index in [1.165, 1.54) is 12.5 Å². The SMILES string of the molecule is C/C(Br)=C\C=O.C/C(Br)=C\[C@@H](O)CC(=O)N1C(=S)SC[C@H]1C(C)C.C/C(Br)=C\[C@H](CC(=O)Cc1nc(C(=O)O)c([Si](C)(C)C)o1)O[Si](C)(C)C(C)(C)C.C/C(Br)=C\[C@H](CC(=O)N1C(=S)SC[C@H]1C(C)C)O[Si](C)(C)C(C)(C)C.CC(=O)N1C(=S)SC[C@H]1C(C)C.Cc1nc(C(=O)O)c([Si](C)(C)C)o1.[CH2-]CCC.[Li+]. The molecule has 0 radical (unpaired) electrons. The number of carbonyl (C=O) groups is 7. The molecule has 0 aromatic carbocycles. The van der Waals surface area contributed by atoms with Crippen molar-refractivity contribution < 1.29 is 85.4 Å². The minimum atomic E-state index is -2.07. The largest absolute Gasteiger partial charge is 1.00 e. The molecule has 3 fully saturated rings. The van der Waals surface area contributed by atoms with Crippen molar-refractivity contribution >= 4 is 234 Å². The van der Waals surface area contributed by atoms with Crippen LogP contribution in [0.3, 0.4) is 0 Å². The predicted molar refractivity (Wildman–Crippen MR) is 485 cm³/mol. The summed E-state index contributed by atoms with van der Waals surface area (Å²) in [5.74, 6) is 2.36. The van der Waals surface area contributed by atoms with Crippen LogP contribution in [0, 0.1) is 31.6 Å². The summed E-state index contributed by atoms with van der Waals surface area (Å²) in [5, 5.41) is 29.1. The number of unbranched alkanes of at least 4 members (excludes halogenated alkanes) is 1. The monoisotopic (exact) mass is 1930 g/mol. The van der Waals surface area contributed by atoms with Gasteiger partial charge in [-0.1, -0.05) is 271 Å². The number of carbonyl (C=O) groups excluding carboxylic acids is 5. The van der Waals surface area contributed by atoms with E-state index in [-0.39, 0.29) is 113 Å². The van der Waals surface area contributed by atoms with Crippen LogP contribution in [0.2, 0.25) is 75.5 Å². The summed E-state index contributed by atoms with van der Waals surface area (Å²) in [6.45, 7) is 63.0. The van der Waals surface area contributed by atoms with Crippen molar-refractivity contribution in [3.63, 3.8) is 0 Å². The Morgan fingerprint density at radius 3 is 1.19 bits per heavy atom. The predicted octanol–water partition coefficient (Wildman–Crippen LogP) is 17.2. The molecule has 108 heavy (non-hydrogen) atoms. The van der Waals surface area contributed by atoms with Gasteiger partial charge in [0.05, 0.1) is 37.6 Å². The first-order chi connectivity index (χ1) is 48.6. The fraction of sp³-hybridized carbons (Fsp3) is 0.662. The number of aryl methyl sites for hydroxylation is 1. The summed E-state index contributed by atoms with van der Waals surface area (Å²) in [5.41, 5.74) is 0.00825. The number of hydrogen-bond acceptors (Lipinski definition) is 20. The number of amides is 3. The molecule has 5 rings (SSSR count). The van der Waals surface area contributed by atoms with Gasteiger partial charge in [0.15, 0.2) is 33.9 Å². The number of Topliss-reactive ketones (excluding diaryl/α,β-unsaturated/α-hetero) is 1. The van der Waals surface area contributed by atoms with Gasteiger partial charge in [-0.05, 0) is 124 Å². The van der Waals surface area contributed by atoms with E-state index in [9.17, 15) is 43.8 Å². The number of halogens is 4. The third-order valence-electron chi connectivity index (χ3n) is 17.0. The van der Waals surface area contributed by atoms with Gasteiger partial charge in [-0.25, -0.2) is 19.6 Å². The summed E-state index contributed by atoms with van der Waals surface area (Å²) < 4.78 is 29.6. The number of hydrogen-bond donors (Lipinski definition) is 3. The number of aliphatic hydroxyl groups excluding tert-OH is 1. The van der Waals surface area contributed by atoms with E-state index in [1.807, 2.05) is 77.1 Å². The van der Waals surface area contributed by atoms with Gasteiger partial charge in [-0.15, -0.1) is 0 Å². The molecular formula is C74H124Br4LiN5O14S6Si4. The van der Waals surface area contributed by atoms with Crippen LogP contribution in [0.25, 0.3) is 0 Å².